The Morgan fingerprint density at radius 2 is 0.920 bits per heavy atom. The molecule has 0 spiro atoms. The Labute approximate surface area is 292 Å². The molecule has 3 aromatic heterocycles. The highest BCUT2D eigenvalue weighted by Crippen LogP contribution is 2.41. The Morgan fingerprint density at radius 1 is 0.380 bits per heavy atom. The number of rotatable bonds is 5. The fourth-order valence-corrected chi connectivity index (χ4v) is 8.20. The summed E-state index contributed by atoms with van der Waals surface area (Å²) in [5.41, 5.74) is 8.87. The molecule has 0 saturated carbocycles. The van der Waals surface area contributed by atoms with E-state index in [9.17, 15) is 0 Å². The fourth-order valence-electron chi connectivity index (χ4n) is 7.14. The lowest BCUT2D eigenvalue weighted by atomic mass is 9.99. The summed E-state index contributed by atoms with van der Waals surface area (Å²) in [5, 5.41) is 4.93. The number of para-hydroxylation sites is 1. The van der Waals surface area contributed by atoms with Gasteiger partial charge in [0.1, 0.15) is 0 Å². The molecule has 0 amide bonds. The molecule has 0 aliphatic carbocycles. The number of benzene rings is 7. The van der Waals surface area contributed by atoms with Gasteiger partial charge in [-0.25, -0.2) is 15.0 Å². The van der Waals surface area contributed by atoms with Crippen LogP contribution in [0.25, 0.3) is 93.0 Å². The lowest BCUT2D eigenvalue weighted by molar-refractivity contribution is 1.07. The van der Waals surface area contributed by atoms with Crippen LogP contribution in [0.2, 0.25) is 0 Å². The number of fused-ring (bicyclic) bond motifs is 6. The van der Waals surface area contributed by atoms with Crippen LogP contribution in [0, 0.1) is 0 Å². The Hall–Kier alpha value is -6.43. The van der Waals surface area contributed by atoms with Crippen molar-refractivity contribution in [2.24, 2.45) is 0 Å². The predicted molar refractivity (Wildman–Crippen MR) is 209 cm³/mol. The number of thiophene rings is 1. The van der Waals surface area contributed by atoms with Crippen LogP contribution in [0.1, 0.15) is 0 Å². The van der Waals surface area contributed by atoms with Gasteiger partial charge in [-0.15, -0.1) is 11.3 Å². The molecule has 10 aromatic rings. The number of aromatic nitrogens is 4. The van der Waals surface area contributed by atoms with Crippen LogP contribution in [0.4, 0.5) is 0 Å². The summed E-state index contributed by atoms with van der Waals surface area (Å²) in [5.74, 6) is 1.98. The first-order chi connectivity index (χ1) is 24.8. The largest absolute Gasteiger partial charge is 0.309 e. The van der Waals surface area contributed by atoms with Crippen molar-refractivity contribution in [1.82, 2.24) is 19.5 Å². The van der Waals surface area contributed by atoms with Crippen molar-refractivity contribution in [2.45, 2.75) is 0 Å². The summed E-state index contributed by atoms with van der Waals surface area (Å²) in [6.45, 7) is 0. The third-order valence-corrected chi connectivity index (χ3v) is 10.6. The van der Waals surface area contributed by atoms with Crippen molar-refractivity contribution in [3.63, 3.8) is 0 Å². The second kappa shape index (κ2) is 11.6. The quantitative estimate of drug-likeness (QED) is 0.185. The monoisotopic (exact) mass is 656 g/mol. The van der Waals surface area contributed by atoms with Crippen LogP contribution in [-0.4, -0.2) is 19.5 Å². The maximum atomic E-state index is 5.01. The van der Waals surface area contributed by atoms with Crippen LogP contribution >= 0.6 is 11.3 Å². The van der Waals surface area contributed by atoms with Gasteiger partial charge in [-0.05, 0) is 59.7 Å². The highest BCUT2D eigenvalue weighted by Gasteiger charge is 2.18. The van der Waals surface area contributed by atoms with E-state index in [0.29, 0.717) is 17.5 Å². The van der Waals surface area contributed by atoms with Gasteiger partial charge in [-0.2, -0.15) is 0 Å². The van der Waals surface area contributed by atoms with Gasteiger partial charge in [0.05, 0.1) is 11.0 Å². The van der Waals surface area contributed by atoms with Gasteiger partial charge in [-0.3, -0.25) is 0 Å². The van der Waals surface area contributed by atoms with Gasteiger partial charge < -0.3 is 4.57 Å². The van der Waals surface area contributed by atoms with Crippen molar-refractivity contribution in [2.75, 3.05) is 0 Å². The summed E-state index contributed by atoms with van der Waals surface area (Å²) in [7, 11) is 0. The van der Waals surface area contributed by atoms with E-state index in [-0.39, 0.29) is 0 Å². The van der Waals surface area contributed by atoms with Gasteiger partial charge in [-0.1, -0.05) is 121 Å². The first-order valence-electron chi connectivity index (χ1n) is 16.7. The smallest absolute Gasteiger partial charge is 0.164 e. The molecule has 0 saturated heterocycles. The van der Waals surface area contributed by atoms with Gasteiger partial charge in [0.25, 0.3) is 0 Å². The number of hydrogen-bond donors (Lipinski definition) is 0. The molecule has 0 aliphatic heterocycles. The second-order valence-electron chi connectivity index (χ2n) is 12.5. The average Bonchev–Trinajstić information content (AvgIpc) is 3.74. The normalized spacial score (nSPS) is 11.6. The fraction of sp³-hybridized carbons (Fsp3) is 0. The Kier molecular flexibility index (Phi) is 6.64. The zero-order valence-electron chi connectivity index (χ0n) is 26.9. The molecule has 0 atom stereocenters. The van der Waals surface area contributed by atoms with Crippen LogP contribution in [0.5, 0.6) is 0 Å². The molecule has 0 unspecified atom stereocenters. The molecular formula is C45H28N4S. The van der Waals surface area contributed by atoms with Crippen LogP contribution in [-0.2, 0) is 0 Å². The molecule has 0 aliphatic rings. The Bertz CT molecular complexity index is 2800. The van der Waals surface area contributed by atoms with Crippen LogP contribution in [0.3, 0.4) is 0 Å². The molecule has 234 valence electrons. The Morgan fingerprint density at radius 3 is 1.60 bits per heavy atom. The summed E-state index contributed by atoms with van der Waals surface area (Å²) >= 11 is 1.82. The van der Waals surface area contributed by atoms with Gasteiger partial charge in [0.15, 0.2) is 17.5 Å². The van der Waals surface area contributed by atoms with E-state index in [1.807, 2.05) is 72.0 Å². The maximum absolute atomic E-state index is 5.01. The molecule has 0 radical (unpaired) electrons. The zero-order chi connectivity index (χ0) is 33.0. The summed E-state index contributed by atoms with van der Waals surface area (Å²) in [6.07, 6.45) is 0. The van der Waals surface area contributed by atoms with Crippen molar-refractivity contribution >= 4 is 53.3 Å². The van der Waals surface area contributed by atoms with E-state index in [2.05, 4.69) is 114 Å². The van der Waals surface area contributed by atoms with E-state index in [1.165, 1.54) is 53.1 Å². The lowest BCUT2D eigenvalue weighted by Crippen LogP contribution is -2.00. The molecule has 0 N–H and O–H groups in total. The first-order valence-corrected chi connectivity index (χ1v) is 17.5. The molecule has 3 heterocycles. The molecule has 5 heteroatoms. The van der Waals surface area contributed by atoms with E-state index in [4.69, 9.17) is 15.0 Å². The first kappa shape index (κ1) is 28.6. The van der Waals surface area contributed by atoms with Crippen molar-refractivity contribution in [3.8, 4) is 51.0 Å². The minimum absolute atomic E-state index is 0.658. The zero-order valence-corrected chi connectivity index (χ0v) is 27.7. The maximum Gasteiger partial charge on any atom is 0.164 e. The highest BCUT2D eigenvalue weighted by atomic mass is 32.1. The number of nitrogens with zero attached hydrogens (tertiary/aromatic N) is 4. The summed E-state index contributed by atoms with van der Waals surface area (Å²) < 4.78 is 4.89. The highest BCUT2D eigenvalue weighted by molar-refractivity contribution is 7.25. The van der Waals surface area contributed by atoms with E-state index in [1.54, 1.807) is 0 Å². The SMILES string of the molecule is c1ccc(-c2nc(-c3ccccc3)nc(-c3ccc4sc5ccc(-n6c7ccccc7c7c(-c8ccccc8)cccc76)cc5c4c3)n2)cc1. The summed E-state index contributed by atoms with van der Waals surface area (Å²) in [6, 6.07) is 59.8. The van der Waals surface area contributed by atoms with E-state index >= 15 is 0 Å². The van der Waals surface area contributed by atoms with E-state index < -0.39 is 0 Å². The molecule has 0 fully saturated rings. The molecule has 7 aromatic carbocycles. The average molecular weight is 657 g/mol. The van der Waals surface area contributed by atoms with Crippen LogP contribution in [0.15, 0.2) is 170 Å². The topological polar surface area (TPSA) is 43.6 Å². The predicted octanol–water partition coefficient (Wildman–Crippen LogP) is 12.0. The lowest BCUT2D eigenvalue weighted by Gasteiger charge is -2.10. The minimum atomic E-state index is 0.658. The van der Waals surface area contributed by atoms with Gasteiger partial charge >= 0.3 is 0 Å². The van der Waals surface area contributed by atoms with Gasteiger partial charge in [0, 0.05) is 53.3 Å². The van der Waals surface area contributed by atoms with Crippen molar-refractivity contribution in [3.05, 3.63) is 170 Å². The Balaban J connectivity index is 1.16. The van der Waals surface area contributed by atoms with Crippen molar-refractivity contribution in [1.29, 1.82) is 0 Å². The third-order valence-electron chi connectivity index (χ3n) is 9.45. The molecular weight excluding hydrogens is 629 g/mol. The second-order valence-corrected chi connectivity index (χ2v) is 13.5. The summed E-state index contributed by atoms with van der Waals surface area (Å²) in [4.78, 5) is 14.9. The van der Waals surface area contributed by atoms with E-state index in [0.717, 1.165) is 22.4 Å². The van der Waals surface area contributed by atoms with Crippen LogP contribution < -0.4 is 0 Å². The molecule has 10 rings (SSSR count). The molecule has 4 nitrogen and oxygen atoms in total. The van der Waals surface area contributed by atoms with Gasteiger partial charge in [0.2, 0.25) is 0 Å². The third kappa shape index (κ3) is 4.71. The number of hydrogen-bond acceptors (Lipinski definition) is 4. The standard InChI is InChI=1S/C45H28N4S/c1-4-13-29(14-5-1)34-20-12-22-39-42(34)35-19-10-11-21-38(35)49(39)33-24-26-41-37(28-33)36-27-32(23-25-40(36)50-41)45-47-43(30-15-6-2-7-16-30)46-44(48-45)31-17-8-3-9-18-31/h1-28H. The van der Waals surface area contributed by atoms with Crippen molar-refractivity contribution < 1.29 is 0 Å². The minimum Gasteiger partial charge on any atom is -0.309 e. The molecule has 50 heavy (non-hydrogen) atoms. The molecule has 0 bridgehead atoms.